The number of piperazine rings is 1. The van der Waals surface area contributed by atoms with E-state index < -0.39 is 10.0 Å². The Balaban J connectivity index is 1.49. The molecule has 0 bridgehead atoms. The lowest BCUT2D eigenvalue weighted by atomic mass is 10.2. The smallest absolute Gasteiger partial charge is 0.266 e. The molecule has 2 aromatic rings. The van der Waals surface area contributed by atoms with Gasteiger partial charge in [-0.2, -0.15) is 0 Å². The van der Waals surface area contributed by atoms with Crippen LogP contribution >= 0.6 is 11.6 Å². The molecule has 1 saturated heterocycles. The summed E-state index contributed by atoms with van der Waals surface area (Å²) >= 11 is 6.31. The summed E-state index contributed by atoms with van der Waals surface area (Å²) in [6.45, 7) is 3.81. The Bertz CT molecular complexity index is 941. The fourth-order valence-electron chi connectivity index (χ4n) is 3.48. The Morgan fingerprint density at radius 2 is 1.44 bits per heavy atom. The first-order chi connectivity index (χ1) is 13.1. The molecule has 6 nitrogen and oxygen atoms in total. The molecular formula is C19H21ClN4O2S. The van der Waals surface area contributed by atoms with Crippen molar-refractivity contribution in [3.05, 3.63) is 59.6 Å². The molecule has 0 amide bonds. The van der Waals surface area contributed by atoms with Gasteiger partial charge in [-0.1, -0.05) is 41.9 Å². The third-order valence-corrected chi connectivity index (χ3v) is 6.98. The van der Waals surface area contributed by atoms with E-state index >= 15 is 0 Å². The van der Waals surface area contributed by atoms with Crippen LogP contribution in [0.3, 0.4) is 0 Å². The van der Waals surface area contributed by atoms with Gasteiger partial charge in [-0.3, -0.25) is 4.99 Å². The van der Waals surface area contributed by atoms with Gasteiger partial charge in [0.25, 0.3) is 10.0 Å². The lowest BCUT2D eigenvalue weighted by molar-refractivity contribution is 0.358. The average Bonchev–Trinajstić information content (AvgIpc) is 3.20. The Kier molecular flexibility index (Phi) is 4.97. The molecule has 0 N–H and O–H groups in total. The number of benzene rings is 2. The minimum Gasteiger partial charge on any atom is -0.367 e. The minimum absolute atomic E-state index is 0.300. The molecule has 2 aliphatic rings. The van der Waals surface area contributed by atoms with E-state index in [0.717, 1.165) is 23.8 Å². The number of hydrogen-bond acceptors (Lipinski definition) is 5. The quantitative estimate of drug-likeness (QED) is 0.788. The molecule has 0 atom stereocenters. The van der Waals surface area contributed by atoms with E-state index in [4.69, 9.17) is 11.6 Å². The molecular weight excluding hydrogens is 384 g/mol. The fourth-order valence-corrected chi connectivity index (χ4v) is 5.20. The zero-order valence-electron chi connectivity index (χ0n) is 14.8. The third-order valence-electron chi connectivity index (χ3n) is 4.87. The summed E-state index contributed by atoms with van der Waals surface area (Å²) in [6, 6.07) is 16.3. The summed E-state index contributed by atoms with van der Waals surface area (Å²) in [7, 11) is -3.58. The standard InChI is InChI=1S/C19H21ClN4O2S/c20-17-8-4-5-9-18(17)22-12-14-23(15-13-22)19-21-10-11-24(19)27(25,26)16-6-2-1-3-7-16/h1-9H,10-15H2. The lowest BCUT2D eigenvalue weighted by Crippen LogP contribution is -2.53. The first-order valence-corrected chi connectivity index (χ1v) is 10.8. The normalized spacial score (nSPS) is 18.0. The molecule has 4 rings (SSSR count). The van der Waals surface area contributed by atoms with Crippen LogP contribution in [-0.2, 0) is 10.0 Å². The van der Waals surface area contributed by atoms with E-state index in [-0.39, 0.29) is 0 Å². The molecule has 0 saturated carbocycles. The molecule has 2 heterocycles. The van der Waals surface area contributed by atoms with Crippen molar-refractivity contribution in [2.24, 2.45) is 4.99 Å². The number of aliphatic imine (C=N–C) groups is 1. The van der Waals surface area contributed by atoms with Crippen LogP contribution in [0.4, 0.5) is 5.69 Å². The van der Waals surface area contributed by atoms with E-state index in [1.807, 2.05) is 30.3 Å². The summed E-state index contributed by atoms with van der Waals surface area (Å²) in [5, 5.41) is 0.734. The lowest BCUT2D eigenvalue weighted by Gasteiger charge is -2.39. The SMILES string of the molecule is O=S(=O)(c1ccccc1)N1CCN=C1N1CCN(c2ccccc2Cl)CC1. The van der Waals surface area contributed by atoms with Gasteiger partial charge >= 0.3 is 0 Å². The van der Waals surface area contributed by atoms with Crippen molar-refractivity contribution in [2.45, 2.75) is 4.90 Å². The van der Waals surface area contributed by atoms with Crippen molar-refractivity contribution in [1.29, 1.82) is 0 Å². The summed E-state index contributed by atoms with van der Waals surface area (Å²) < 4.78 is 27.5. The maximum atomic E-state index is 13.0. The second-order valence-electron chi connectivity index (χ2n) is 6.50. The van der Waals surface area contributed by atoms with Crippen molar-refractivity contribution in [3.8, 4) is 0 Å². The molecule has 0 aliphatic carbocycles. The number of sulfonamides is 1. The van der Waals surface area contributed by atoms with Gasteiger partial charge in [-0.25, -0.2) is 12.7 Å². The van der Waals surface area contributed by atoms with Gasteiger partial charge in [0.2, 0.25) is 5.96 Å². The van der Waals surface area contributed by atoms with Crippen molar-refractivity contribution >= 4 is 33.3 Å². The predicted octanol–water partition coefficient (Wildman–Crippen LogP) is 2.52. The molecule has 0 unspecified atom stereocenters. The molecule has 27 heavy (non-hydrogen) atoms. The molecule has 2 aliphatic heterocycles. The van der Waals surface area contributed by atoms with Crippen LogP contribution in [0.1, 0.15) is 0 Å². The van der Waals surface area contributed by atoms with Crippen molar-refractivity contribution in [1.82, 2.24) is 9.21 Å². The number of nitrogens with zero attached hydrogens (tertiary/aromatic N) is 4. The van der Waals surface area contributed by atoms with Gasteiger partial charge in [-0.05, 0) is 24.3 Å². The average molecular weight is 405 g/mol. The minimum atomic E-state index is -3.58. The summed E-state index contributed by atoms with van der Waals surface area (Å²) in [5.74, 6) is 0.553. The number of para-hydroxylation sites is 1. The second-order valence-corrected chi connectivity index (χ2v) is 8.77. The van der Waals surface area contributed by atoms with Gasteiger partial charge in [0.15, 0.2) is 0 Å². The fraction of sp³-hybridized carbons (Fsp3) is 0.316. The first-order valence-electron chi connectivity index (χ1n) is 8.94. The van der Waals surface area contributed by atoms with Crippen LogP contribution in [0.2, 0.25) is 5.02 Å². The van der Waals surface area contributed by atoms with Crippen LogP contribution in [0.5, 0.6) is 0 Å². The summed E-state index contributed by atoms with van der Waals surface area (Å²) in [5.41, 5.74) is 1.01. The largest absolute Gasteiger partial charge is 0.367 e. The maximum Gasteiger partial charge on any atom is 0.266 e. The summed E-state index contributed by atoms with van der Waals surface area (Å²) in [6.07, 6.45) is 0. The molecule has 8 heteroatoms. The van der Waals surface area contributed by atoms with Crippen LogP contribution in [0, 0.1) is 0 Å². The van der Waals surface area contributed by atoms with Gasteiger partial charge in [0, 0.05) is 26.2 Å². The predicted molar refractivity (Wildman–Crippen MR) is 108 cm³/mol. The van der Waals surface area contributed by atoms with E-state index in [0.29, 0.717) is 37.0 Å². The topological polar surface area (TPSA) is 56.2 Å². The van der Waals surface area contributed by atoms with Crippen LogP contribution < -0.4 is 4.90 Å². The zero-order chi connectivity index (χ0) is 18.9. The highest BCUT2D eigenvalue weighted by atomic mass is 35.5. The number of anilines is 1. The molecule has 1 fully saturated rings. The van der Waals surface area contributed by atoms with Gasteiger partial charge in [0.1, 0.15) is 0 Å². The van der Waals surface area contributed by atoms with Crippen LogP contribution in [0.25, 0.3) is 0 Å². The zero-order valence-corrected chi connectivity index (χ0v) is 16.4. The second kappa shape index (κ2) is 7.40. The van der Waals surface area contributed by atoms with Crippen molar-refractivity contribution in [3.63, 3.8) is 0 Å². The number of halogens is 1. The van der Waals surface area contributed by atoms with E-state index in [2.05, 4.69) is 14.8 Å². The Hall–Kier alpha value is -2.25. The van der Waals surface area contributed by atoms with Crippen molar-refractivity contribution < 1.29 is 8.42 Å². The molecule has 142 valence electrons. The molecule has 0 radical (unpaired) electrons. The highest BCUT2D eigenvalue weighted by molar-refractivity contribution is 7.89. The molecule has 0 spiro atoms. The molecule has 2 aromatic carbocycles. The Morgan fingerprint density at radius 3 is 2.15 bits per heavy atom. The Morgan fingerprint density at radius 1 is 0.815 bits per heavy atom. The number of guanidine groups is 1. The monoisotopic (exact) mass is 404 g/mol. The van der Waals surface area contributed by atoms with E-state index in [1.54, 1.807) is 24.3 Å². The third kappa shape index (κ3) is 3.49. The number of hydrogen-bond donors (Lipinski definition) is 0. The van der Waals surface area contributed by atoms with Gasteiger partial charge < -0.3 is 9.80 Å². The van der Waals surface area contributed by atoms with E-state index in [1.165, 1.54) is 4.31 Å². The number of rotatable bonds is 3. The van der Waals surface area contributed by atoms with Crippen LogP contribution in [0.15, 0.2) is 64.5 Å². The van der Waals surface area contributed by atoms with Crippen LogP contribution in [-0.4, -0.2) is 62.9 Å². The van der Waals surface area contributed by atoms with Gasteiger partial charge in [0.05, 0.1) is 28.7 Å². The Labute approximate surface area is 164 Å². The first kappa shape index (κ1) is 18.1. The van der Waals surface area contributed by atoms with Crippen molar-refractivity contribution in [2.75, 3.05) is 44.2 Å². The molecule has 0 aromatic heterocycles. The van der Waals surface area contributed by atoms with Gasteiger partial charge in [-0.15, -0.1) is 0 Å². The van der Waals surface area contributed by atoms with E-state index in [9.17, 15) is 8.42 Å². The summed E-state index contributed by atoms with van der Waals surface area (Å²) in [4.78, 5) is 9.08. The maximum absolute atomic E-state index is 13.0. The highest BCUT2D eigenvalue weighted by Crippen LogP contribution is 2.27. The highest BCUT2D eigenvalue weighted by Gasteiger charge is 2.34.